The molecule has 0 aromatic heterocycles. The highest BCUT2D eigenvalue weighted by Gasteiger charge is 2.29. The molecule has 5 heteroatoms. The van der Waals surface area contributed by atoms with Crippen LogP contribution in [0.5, 0.6) is 0 Å². The lowest BCUT2D eigenvalue weighted by Crippen LogP contribution is -2.50. The molecule has 0 amide bonds. The molecule has 5 nitrogen and oxygen atoms in total. The molecular weight excluding hydrogens is 196 g/mol. The fraction of sp³-hybridized carbons (Fsp3) is 0.900. The third kappa shape index (κ3) is 3.15. The molecule has 1 heterocycles. The first-order chi connectivity index (χ1) is 7.22. The molecule has 0 aliphatic carbocycles. The number of piperidine rings is 1. The van der Waals surface area contributed by atoms with Crippen molar-refractivity contribution in [2.75, 3.05) is 33.9 Å². The predicted octanol–water partition coefficient (Wildman–Crippen LogP) is -0.402. The molecule has 1 fully saturated rings. The first-order valence-electron chi connectivity index (χ1n) is 5.27. The van der Waals surface area contributed by atoms with Crippen LogP contribution in [0, 0.1) is 0 Å². The van der Waals surface area contributed by atoms with E-state index in [0.717, 1.165) is 25.9 Å². The number of likely N-dealkylation sites (tertiary alicyclic amines) is 1. The summed E-state index contributed by atoms with van der Waals surface area (Å²) >= 11 is 0. The zero-order valence-electron chi connectivity index (χ0n) is 9.44. The number of nitrogens with two attached hydrogens (primary N) is 1. The molecule has 88 valence electrons. The largest absolute Gasteiger partial charge is 0.468 e. The van der Waals surface area contributed by atoms with Gasteiger partial charge in [-0.1, -0.05) is 0 Å². The Bertz CT molecular complexity index is 203. The summed E-state index contributed by atoms with van der Waals surface area (Å²) < 4.78 is 9.98. The number of methoxy groups -OCH3 is 2. The normalized spacial score (nSPS) is 21.3. The maximum atomic E-state index is 11.4. The first-order valence-corrected chi connectivity index (χ1v) is 5.27. The maximum absolute atomic E-state index is 11.4. The Morgan fingerprint density at radius 2 is 2.07 bits per heavy atom. The van der Waals surface area contributed by atoms with Gasteiger partial charge in [0.2, 0.25) is 0 Å². The van der Waals surface area contributed by atoms with Crippen LogP contribution in [0.2, 0.25) is 0 Å². The van der Waals surface area contributed by atoms with Crippen LogP contribution in [0.4, 0.5) is 0 Å². The maximum Gasteiger partial charge on any atom is 0.324 e. The van der Waals surface area contributed by atoms with Crippen LogP contribution in [0.25, 0.3) is 0 Å². The van der Waals surface area contributed by atoms with Crippen molar-refractivity contribution in [3.63, 3.8) is 0 Å². The standard InChI is InChI=1S/C10H20N2O3/c1-14-8-3-5-12(6-4-8)9(7-11)10(13)15-2/h8-9H,3-7,11H2,1-2H3. The highest BCUT2D eigenvalue weighted by Crippen LogP contribution is 2.15. The second-order valence-corrected chi connectivity index (χ2v) is 3.75. The van der Waals surface area contributed by atoms with Gasteiger partial charge in [0, 0.05) is 26.7 Å². The van der Waals surface area contributed by atoms with Crippen LogP contribution < -0.4 is 5.73 Å². The zero-order chi connectivity index (χ0) is 11.3. The molecule has 1 aliphatic rings. The average Bonchev–Trinajstić information content (AvgIpc) is 2.30. The van der Waals surface area contributed by atoms with Crippen molar-refractivity contribution in [1.82, 2.24) is 4.90 Å². The van der Waals surface area contributed by atoms with E-state index in [1.54, 1.807) is 7.11 Å². The number of esters is 1. The Kier molecular flexibility index (Phi) is 5.01. The Balaban J connectivity index is 2.46. The quantitative estimate of drug-likeness (QED) is 0.648. The van der Waals surface area contributed by atoms with Gasteiger partial charge in [-0.3, -0.25) is 9.69 Å². The number of carbonyl (C=O) groups excluding carboxylic acids is 1. The number of hydrogen-bond acceptors (Lipinski definition) is 5. The van der Waals surface area contributed by atoms with Crippen molar-refractivity contribution in [2.45, 2.75) is 25.0 Å². The van der Waals surface area contributed by atoms with Crippen LogP contribution in [-0.2, 0) is 14.3 Å². The number of carbonyl (C=O) groups is 1. The van der Waals surface area contributed by atoms with Crippen molar-refractivity contribution >= 4 is 5.97 Å². The van der Waals surface area contributed by atoms with E-state index in [-0.39, 0.29) is 12.0 Å². The Labute approximate surface area is 90.5 Å². The third-order valence-corrected chi connectivity index (χ3v) is 2.95. The second kappa shape index (κ2) is 6.05. The van der Waals surface area contributed by atoms with E-state index < -0.39 is 0 Å². The summed E-state index contributed by atoms with van der Waals surface area (Å²) in [5.74, 6) is -0.242. The molecule has 0 aromatic rings. The number of nitrogens with zero attached hydrogens (tertiary/aromatic N) is 1. The molecule has 1 unspecified atom stereocenters. The van der Waals surface area contributed by atoms with E-state index >= 15 is 0 Å². The lowest BCUT2D eigenvalue weighted by Gasteiger charge is -2.35. The van der Waals surface area contributed by atoms with Crippen LogP contribution in [0.3, 0.4) is 0 Å². The van der Waals surface area contributed by atoms with Crippen molar-refractivity contribution in [3.8, 4) is 0 Å². The van der Waals surface area contributed by atoms with E-state index in [1.807, 2.05) is 0 Å². The van der Waals surface area contributed by atoms with Gasteiger partial charge in [0.1, 0.15) is 6.04 Å². The molecule has 1 aliphatic heterocycles. The molecule has 0 spiro atoms. The highest BCUT2D eigenvalue weighted by molar-refractivity contribution is 5.75. The number of rotatable bonds is 4. The first kappa shape index (κ1) is 12.4. The number of hydrogen-bond donors (Lipinski definition) is 1. The van der Waals surface area contributed by atoms with E-state index in [0.29, 0.717) is 12.6 Å². The van der Waals surface area contributed by atoms with E-state index in [2.05, 4.69) is 4.90 Å². The Morgan fingerprint density at radius 1 is 1.47 bits per heavy atom. The van der Waals surface area contributed by atoms with Gasteiger partial charge in [-0.15, -0.1) is 0 Å². The summed E-state index contributed by atoms with van der Waals surface area (Å²) in [5, 5.41) is 0. The van der Waals surface area contributed by atoms with E-state index in [1.165, 1.54) is 7.11 Å². The molecular formula is C10H20N2O3. The van der Waals surface area contributed by atoms with Gasteiger partial charge in [0.25, 0.3) is 0 Å². The molecule has 0 saturated carbocycles. The monoisotopic (exact) mass is 216 g/mol. The van der Waals surface area contributed by atoms with Gasteiger partial charge in [-0.2, -0.15) is 0 Å². The molecule has 1 saturated heterocycles. The van der Waals surface area contributed by atoms with Crippen LogP contribution in [-0.4, -0.2) is 56.9 Å². The van der Waals surface area contributed by atoms with Gasteiger partial charge in [-0.25, -0.2) is 0 Å². The minimum Gasteiger partial charge on any atom is -0.468 e. The fourth-order valence-electron chi connectivity index (χ4n) is 1.95. The summed E-state index contributed by atoms with van der Waals surface area (Å²) in [5.41, 5.74) is 5.57. The minimum absolute atomic E-state index is 0.242. The predicted molar refractivity (Wildman–Crippen MR) is 56.5 cm³/mol. The summed E-state index contributed by atoms with van der Waals surface area (Å²) in [6.07, 6.45) is 2.21. The van der Waals surface area contributed by atoms with Crippen LogP contribution >= 0.6 is 0 Å². The minimum atomic E-state index is -0.298. The van der Waals surface area contributed by atoms with E-state index in [4.69, 9.17) is 15.2 Å². The molecule has 0 radical (unpaired) electrons. The summed E-state index contributed by atoms with van der Waals surface area (Å²) in [7, 11) is 3.12. The van der Waals surface area contributed by atoms with Crippen molar-refractivity contribution in [2.24, 2.45) is 5.73 Å². The molecule has 0 bridgehead atoms. The average molecular weight is 216 g/mol. The molecule has 15 heavy (non-hydrogen) atoms. The summed E-state index contributed by atoms with van der Waals surface area (Å²) in [6, 6.07) is -0.298. The molecule has 1 atom stereocenters. The summed E-state index contributed by atoms with van der Waals surface area (Å²) in [6.45, 7) is 2.00. The molecule has 2 N–H and O–H groups in total. The SMILES string of the molecule is COC(=O)C(CN)N1CCC(OC)CC1. The number of ether oxygens (including phenoxy) is 2. The Hall–Kier alpha value is -0.650. The smallest absolute Gasteiger partial charge is 0.324 e. The Morgan fingerprint density at radius 3 is 2.47 bits per heavy atom. The zero-order valence-corrected chi connectivity index (χ0v) is 9.44. The van der Waals surface area contributed by atoms with Gasteiger partial charge < -0.3 is 15.2 Å². The second-order valence-electron chi connectivity index (χ2n) is 3.75. The molecule has 1 rings (SSSR count). The molecule has 0 aromatic carbocycles. The van der Waals surface area contributed by atoms with Gasteiger partial charge >= 0.3 is 5.97 Å². The topological polar surface area (TPSA) is 64.8 Å². The fourth-order valence-corrected chi connectivity index (χ4v) is 1.95. The van der Waals surface area contributed by atoms with E-state index in [9.17, 15) is 4.79 Å². The van der Waals surface area contributed by atoms with Crippen LogP contribution in [0.1, 0.15) is 12.8 Å². The van der Waals surface area contributed by atoms with Gasteiger partial charge in [0.15, 0.2) is 0 Å². The van der Waals surface area contributed by atoms with Gasteiger partial charge in [0.05, 0.1) is 13.2 Å². The van der Waals surface area contributed by atoms with Crippen molar-refractivity contribution in [3.05, 3.63) is 0 Å². The third-order valence-electron chi connectivity index (χ3n) is 2.95. The summed E-state index contributed by atoms with van der Waals surface area (Å²) in [4.78, 5) is 13.5. The lowest BCUT2D eigenvalue weighted by atomic mass is 10.1. The van der Waals surface area contributed by atoms with Crippen molar-refractivity contribution < 1.29 is 14.3 Å². The highest BCUT2D eigenvalue weighted by atomic mass is 16.5. The van der Waals surface area contributed by atoms with Gasteiger partial charge in [-0.05, 0) is 12.8 Å². The lowest BCUT2D eigenvalue weighted by molar-refractivity contribution is -0.147. The van der Waals surface area contributed by atoms with Crippen molar-refractivity contribution in [1.29, 1.82) is 0 Å². The van der Waals surface area contributed by atoms with Crippen LogP contribution in [0.15, 0.2) is 0 Å².